The molecule has 0 spiro atoms. The van der Waals surface area contributed by atoms with E-state index in [1.165, 1.54) is 18.2 Å². The zero-order chi connectivity index (χ0) is 15.8. The minimum Gasteiger partial charge on any atom is -0.366 e. The smallest absolute Gasteiger partial charge is 0.366 e. The van der Waals surface area contributed by atoms with Gasteiger partial charge in [-0.15, -0.1) is 0 Å². The Hall–Kier alpha value is -1.79. The lowest BCUT2D eigenvalue weighted by atomic mass is 10.1. The normalized spacial score (nSPS) is 11.5. The number of benzene rings is 1. The molecule has 0 atom stereocenters. The van der Waals surface area contributed by atoms with E-state index in [1.807, 2.05) is 0 Å². The van der Waals surface area contributed by atoms with Gasteiger partial charge in [0.05, 0.1) is 26.9 Å². The van der Waals surface area contributed by atoms with Crippen LogP contribution in [0.25, 0.3) is 11.3 Å². The molecule has 0 aliphatic heterocycles. The van der Waals surface area contributed by atoms with Crippen molar-refractivity contribution in [2.75, 3.05) is 0 Å². The molecule has 0 radical (unpaired) electrons. The summed E-state index contributed by atoms with van der Waals surface area (Å²) in [5.74, 6) is -0.759. The zero-order valence-electron chi connectivity index (χ0n) is 10.2. The molecule has 0 bridgehead atoms. The molecular formula is C13H7Cl2F3N2O. The number of aromatic nitrogens is 1. The number of nitrogens with zero attached hydrogens (tertiary/aromatic N) is 1. The number of rotatable bonds is 2. The van der Waals surface area contributed by atoms with E-state index < -0.39 is 17.6 Å². The predicted octanol–water partition coefficient (Wildman–Crippen LogP) is 4.17. The summed E-state index contributed by atoms with van der Waals surface area (Å²) in [5.41, 5.74) is 4.67. The van der Waals surface area contributed by atoms with Crippen LogP contribution in [0.15, 0.2) is 30.5 Å². The molecule has 2 rings (SSSR count). The maximum atomic E-state index is 12.5. The molecule has 8 heteroatoms. The molecular weight excluding hydrogens is 328 g/mol. The summed E-state index contributed by atoms with van der Waals surface area (Å²) in [4.78, 5) is 14.9. The Balaban J connectivity index is 2.53. The number of nitrogens with two attached hydrogens (primary N) is 1. The van der Waals surface area contributed by atoms with Crippen LogP contribution in [0.1, 0.15) is 15.9 Å². The van der Waals surface area contributed by atoms with Gasteiger partial charge in [0.1, 0.15) is 0 Å². The van der Waals surface area contributed by atoms with E-state index in [2.05, 4.69) is 4.98 Å². The van der Waals surface area contributed by atoms with Crippen LogP contribution in [-0.2, 0) is 6.18 Å². The number of hydrogen-bond donors (Lipinski definition) is 1. The van der Waals surface area contributed by atoms with Gasteiger partial charge in [-0.25, -0.2) is 0 Å². The maximum absolute atomic E-state index is 12.5. The van der Waals surface area contributed by atoms with Crippen molar-refractivity contribution in [3.8, 4) is 11.3 Å². The van der Waals surface area contributed by atoms with Gasteiger partial charge in [0.25, 0.3) is 0 Å². The highest BCUT2D eigenvalue weighted by atomic mass is 35.5. The minimum atomic E-state index is -4.53. The summed E-state index contributed by atoms with van der Waals surface area (Å²) < 4.78 is 37.6. The van der Waals surface area contributed by atoms with E-state index in [4.69, 9.17) is 28.9 Å². The lowest BCUT2D eigenvalue weighted by Crippen LogP contribution is -2.11. The third kappa shape index (κ3) is 3.28. The Morgan fingerprint density at radius 2 is 1.81 bits per heavy atom. The zero-order valence-corrected chi connectivity index (χ0v) is 11.7. The molecule has 0 saturated heterocycles. The van der Waals surface area contributed by atoms with E-state index in [0.29, 0.717) is 11.8 Å². The van der Waals surface area contributed by atoms with Crippen molar-refractivity contribution < 1.29 is 18.0 Å². The first-order valence-corrected chi connectivity index (χ1v) is 6.28. The average Bonchev–Trinajstić information content (AvgIpc) is 2.38. The third-order valence-electron chi connectivity index (χ3n) is 2.67. The second-order valence-corrected chi connectivity index (χ2v) is 4.93. The van der Waals surface area contributed by atoms with Crippen LogP contribution in [0.3, 0.4) is 0 Å². The fourth-order valence-electron chi connectivity index (χ4n) is 1.67. The van der Waals surface area contributed by atoms with E-state index >= 15 is 0 Å². The van der Waals surface area contributed by atoms with Gasteiger partial charge in [-0.3, -0.25) is 9.78 Å². The number of amides is 1. The average molecular weight is 335 g/mol. The lowest BCUT2D eigenvalue weighted by molar-refractivity contribution is -0.137. The molecule has 0 aliphatic carbocycles. The quantitative estimate of drug-likeness (QED) is 0.895. The molecule has 0 aliphatic rings. The Labute approximate surface area is 127 Å². The van der Waals surface area contributed by atoms with Crippen molar-refractivity contribution in [3.63, 3.8) is 0 Å². The van der Waals surface area contributed by atoms with Crippen LogP contribution in [-0.4, -0.2) is 10.9 Å². The van der Waals surface area contributed by atoms with E-state index in [0.717, 1.165) is 6.07 Å². The summed E-state index contributed by atoms with van der Waals surface area (Å²) in [7, 11) is 0. The van der Waals surface area contributed by atoms with Gasteiger partial charge in [0.15, 0.2) is 0 Å². The van der Waals surface area contributed by atoms with Gasteiger partial charge in [-0.1, -0.05) is 29.3 Å². The second-order valence-electron chi connectivity index (χ2n) is 4.11. The molecule has 1 aromatic heterocycles. The third-order valence-corrected chi connectivity index (χ3v) is 3.29. The van der Waals surface area contributed by atoms with Crippen LogP contribution in [0.5, 0.6) is 0 Å². The number of carbonyl (C=O) groups is 1. The predicted molar refractivity (Wildman–Crippen MR) is 73.2 cm³/mol. The SMILES string of the molecule is NC(=O)c1cc(-c2ncc(C(F)(F)F)cc2Cl)ccc1Cl. The first-order chi connectivity index (χ1) is 9.70. The van der Waals surface area contributed by atoms with Gasteiger partial charge in [0.2, 0.25) is 5.91 Å². The van der Waals surface area contributed by atoms with Gasteiger partial charge < -0.3 is 5.73 Å². The molecule has 21 heavy (non-hydrogen) atoms. The fraction of sp³-hybridized carbons (Fsp3) is 0.0769. The first kappa shape index (κ1) is 15.6. The van der Waals surface area contributed by atoms with Crippen LogP contribution >= 0.6 is 23.2 Å². The van der Waals surface area contributed by atoms with Gasteiger partial charge in [-0.2, -0.15) is 13.2 Å². The highest BCUT2D eigenvalue weighted by molar-refractivity contribution is 6.34. The van der Waals surface area contributed by atoms with Gasteiger partial charge in [-0.05, 0) is 18.2 Å². The summed E-state index contributed by atoms with van der Waals surface area (Å²) in [6.07, 6.45) is -3.87. The Morgan fingerprint density at radius 1 is 1.14 bits per heavy atom. The lowest BCUT2D eigenvalue weighted by Gasteiger charge is -2.10. The summed E-state index contributed by atoms with van der Waals surface area (Å²) in [6, 6.07) is 4.97. The molecule has 2 N–H and O–H groups in total. The van der Waals surface area contributed by atoms with Crippen LogP contribution in [0.2, 0.25) is 10.0 Å². The van der Waals surface area contributed by atoms with Crippen molar-refractivity contribution in [3.05, 3.63) is 51.6 Å². The van der Waals surface area contributed by atoms with Crippen LogP contribution < -0.4 is 5.73 Å². The molecule has 1 amide bonds. The van der Waals surface area contributed by atoms with Crippen molar-refractivity contribution in [1.29, 1.82) is 0 Å². The number of pyridine rings is 1. The standard InChI is InChI=1S/C13H7Cl2F3N2O/c14-9-2-1-6(3-8(9)12(19)21)11-10(15)4-7(5-20-11)13(16,17)18/h1-5H,(H2,19,21). The fourth-order valence-corrected chi connectivity index (χ4v) is 2.15. The van der Waals surface area contributed by atoms with Crippen molar-refractivity contribution in [1.82, 2.24) is 4.98 Å². The molecule has 0 unspecified atom stereocenters. The molecule has 0 fully saturated rings. The highest BCUT2D eigenvalue weighted by Crippen LogP contribution is 2.34. The van der Waals surface area contributed by atoms with Gasteiger partial charge >= 0.3 is 6.18 Å². The van der Waals surface area contributed by atoms with Crippen molar-refractivity contribution in [2.45, 2.75) is 6.18 Å². The molecule has 1 aromatic carbocycles. The number of carbonyl (C=O) groups excluding carboxylic acids is 1. The molecule has 3 nitrogen and oxygen atoms in total. The maximum Gasteiger partial charge on any atom is 0.417 e. The Bertz CT molecular complexity index is 717. The topological polar surface area (TPSA) is 56.0 Å². The van der Waals surface area contributed by atoms with E-state index in [-0.39, 0.29) is 21.3 Å². The summed E-state index contributed by atoms with van der Waals surface area (Å²) >= 11 is 11.6. The second kappa shape index (κ2) is 5.54. The largest absolute Gasteiger partial charge is 0.417 e. The van der Waals surface area contributed by atoms with Crippen molar-refractivity contribution >= 4 is 29.1 Å². The highest BCUT2D eigenvalue weighted by Gasteiger charge is 2.31. The van der Waals surface area contributed by atoms with Gasteiger partial charge in [0, 0.05) is 11.8 Å². The van der Waals surface area contributed by atoms with Crippen LogP contribution in [0.4, 0.5) is 13.2 Å². The first-order valence-electron chi connectivity index (χ1n) is 5.52. The van der Waals surface area contributed by atoms with Crippen LogP contribution in [0, 0.1) is 0 Å². The number of alkyl halides is 3. The number of hydrogen-bond acceptors (Lipinski definition) is 2. The molecule has 2 aromatic rings. The van der Waals surface area contributed by atoms with Crippen molar-refractivity contribution in [2.24, 2.45) is 5.73 Å². The minimum absolute atomic E-state index is 0.0342. The summed E-state index contributed by atoms with van der Waals surface area (Å²) in [5, 5.41) is -0.0585. The molecule has 0 saturated carbocycles. The molecule has 1 heterocycles. The van der Waals surface area contributed by atoms with E-state index in [1.54, 1.807) is 0 Å². The van der Waals surface area contributed by atoms with E-state index in [9.17, 15) is 18.0 Å². The Kier molecular flexibility index (Phi) is 4.11. The monoisotopic (exact) mass is 334 g/mol. The number of halogens is 5. The summed E-state index contributed by atoms with van der Waals surface area (Å²) in [6.45, 7) is 0. The molecule has 110 valence electrons. The number of primary amides is 1. The Morgan fingerprint density at radius 3 is 2.33 bits per heavy atom.